The van der Waals surface area contributed by atoms with E-state index in [-0.39, 0.29) is 17.9 Å². The standard InChI is InChI=1S/C20H22N2O3/c1-5-25-17(23)12-22-16-9-7-6-8-14(16)20(24)15-11-10-13(2)18(19(15)22)21(3)4/h6-11H,5,12H2,1-4H3. The molecule has 3 aromatic rings. The molecule has 0 unspecified atom stereocenters. The maximum absolute atomic E-state index is 13.0. The Kier molecular flexibility index (Phi) is 4.49. The Morgan fingerprint density at radius 3 is 2.52 bits per heavy atom. The van der Waals surface area contributed by atoms with Crippen LogP contribution in [0.1, 0.15) is 12.5 Å². The predicted octanol–water partition coefficient (Wildman–Crippen LogP) is 3.09. The number of nitrogens with zero attached hydrogens (tertiary/aromatic N) is 2. The van der Waals surface area contributed by atoms with Gasteiger partial charge in [0.2, 0.25) is 0 Å². The Balaban J connectivity index is 2.49. The van der Waals surface area contributed by atoms with E-state index in [9.17, 15) is 9.59 Å². The minimum atomic E-state index is -0.316. The van der Waals surface area contributed by atoms with Crippen molar-refractivity contribution in [1.82, 2.24) is 4.57 Å². The highest BCUT2D eigenvalue weighted by atomic mass is 16.5. The van der Waals surface area contributed by atoms with E-state index in [2.05, 4.69) is 0 Å². The highest BCUT2D eigenvalue weighted by molar-refractivity contribution is 6.01. The zero-order valence-electron chi connectivity index (χ0n) is 15.0. The van der Waals surface area contributed by atoms with Crippen LogP contribution in [-0.4, -0.2) is 31.2 Å². The Hall–Kier alpha value is -2.82. The SMILES string of the molecule is CCOC(=O)Cn1c2ccccc2c(=O)c2ccc(C)c(N(C)C)c21. The summed E-state index contributed by atoms with van der Waals surface area (Å²) in [5.41, 5.74) is 3.46. The lowest BCUT2D eigenvalue weighted by Crippen LogP contribution is -2.21. The van der Waals surface area contributed by atoms with E-state index in [0.29, 0.717) is 17.4 Å². The van der Waals surface area contributed by atoms with E-state index in [1.165, 1.54) is 0 Å². The van der Waals surface area contributed by atoms with E-state index < -0.39 is 0 Å². The van der Waals surface area contributed by atoms with E-state index >= 15 is 0 Å². The van der Waals surface area contributed by atoms with E-state index in [4.69, 9.17) is 4.74 Å². The molecule has 0 aliphatic rings. The number of fused-ring (bicyclic) bond motifs is 2. The number of esters is 1. The summed E-state index contributed by atoms with van der Waals surface area (Å²) >= 11 is 0. The number of carbonyl (C=O) groups excluding carboxylic acids is 1. The van der Waals surface area contributed by atoms with Crippen LogP contribution in [0.25, 0.3) is 21.8 Å². The molecule has 0 N–H and O–H groups in total. The normalized spacial score (nSPS) is 11.0. The monoisotopic (exact) mass is 338 g/mol. The largest absolute Gasteiger partial charge is 0.465 e. The zero-order chi connectivity index (χ0) is 18.1. The number of ether oxygens (including phenoxy) is 1. The van der Waals surface area contributed by atoms with Gasteiger partial charge in [0.1, 0.15) is 6.54 Å². The molecule has 2 aromatic carbocycles. The number of anilines is 1. The summed E-state index contributed by atoms with van der Waals surface area (Å²) in [6.07, 6.45) is 0. The third kappa shape index (κ3) is 2.86. The number of aryl methyl sites for hydroxylation is 1. The quantitative estimate of drug-likeness (QED) is 0.542. The number of aromatic nitrogens is 1. The number of pyridine rings is 1. The summed E-state index contributed by atoms with van der Waals surface area (Å²) in [7, 11) is 3.88. The third-order valence-electron chi connectivity index (χ3n) is 4.35. The minimum absolute atomic E-state index is 0.0196. The summed E-state index contributed by atoms with van der Waals surface area (Å²) in [6, 6.07) is 11.2. The molecule has 0 atom stereocenters. The molecule has 1 heterocycles. The number of carbonyl (C=O) groups is 1. The van der Waals surface area contributed by atoms with Crippen LogP contribution in [-0.2, 0) is 16.1 Å². The molecule has 5 nitrogen and oxygen atoms in total. The first kappa shape index (κ1) is 17.0. The fourth-order valence-corrected chi connectivity index (χ4v) is 3.37. The van der Waals surface area contributed by atoms with Crippen molar-refractivity contribution in [1.29, 1.82) is 0 Å². The lowest BCUT2D eigenvalue weighted by Gasteiger charge is -2.23. The second kappa shape index (κ2) is 6.59. The first-order valence-corrected chi connectivity index (χ1v) is 8.33. The molecule has 0 saturated carbocycles. The van der Waals surface area contributed by atoms with Gasteiger partial charge in [0, 0.05) is 24.9 Å². The first-order valence-electron chi connectivity index (χ1n) is 8.33. The van der Waals surface area contributed by atoms with Crippen molar-refractivity contribution >= 4 is 33.5 Å². The summed E-state index contributed by atoms with van der Waals surface area (Å²) < 4.78 is 7.05. The maximum atomic E-state index is 13.0. The lowest BCUT2D eigenvalue weighted by atomic mass is 10.0. The molecule has 25 heavy (non-hydrogen) atoms. The van der Waals surface area contributed by atoms with Gasteiger partial charge in [0.15, 0.2) is 5.43 Å². The lowest BCUT2D eigenvalue weighted by molar-refractivity contribution is -0.143. The topological polar surface area (TPSA) is 51.5 Å². The molecule has 0 fully saturated rings. The van der Waals surface area contributed by atoms with Gasteiger partial charge in [-0.15, -0.1) is 0 Å². The number of hydrogen-bond acceptors (Lipinski definition) is 4. The van der Waals surface area contributed by atoms with Gasteiger partial charge in [0.25, 0.3) is 0 Å². The highest BCUT2D eigenvalue weighted by Gasteiger charge is 2.18. The van der Waals surface area contributed by atoms with Crippen molar-refractivity contribution in [3.05, 3.63) is 52.2 Å². The van der Waals surface area contributed by atoms with Crippen LogP contribution in [0, 0.1) is 6.92 Å². The molecule has 0 amide bonds. The maximum Gasteiger partial charge on any atom is 0.325 e. The van der Waals surface area contributed by atoms with Gasteiger partial charge in [-0.3, -0.25) is 9.59 Å². The second-order valence-electron chi connectivity index (χ2n) is 6.26. The number of benzene rings is 2. The highest BCUT2D eigenvalue weighted by Crippen LogP contribution is 2.30. The van der Waals surface area contributed by atoms with E-state index in [0.717, 1.165) is 22.3 Å². The van der Waals surface area contributed by atoms with Crippen LogP contribution in [0.4, 0.5) is 5.69 Å². The van der Waals surface area contributed by atoms with Crippen molar-refractivity contribution in [2.75, 3.05) is 25.6 Å². The van der Waals surface area contributed by atoms with Gasteiger partial charge in [-0.05, 0) is 37.6 Å². The van der Waals surface area contributed by atoms with Crippen LogP contribution in [0.15, 0.2) is 41.2 Å². The molecular weight excluding hydrogens is 316 g/mol. The average Bonchev–Trinajstić information content (AvgIpc) is 2.58. The molecule has 5 heteroatoms. The second-order valence-corrected chi connectivity index (χ2v) is 6.26. The molecule has 0 aliphatic carbocycles. The van der Waals surface area contributed by atoms with Gasteiger partial charge in [0.05, 0.1) is 23.3 Å². The third-order valence-corrected chi connectivity index (χ3v) is 4.35. The van der Waals surface area contributed by atoms with E-state index in [1.54, 1.807) is 13.0 Å². The summed E-state index contributed by atoms with van der Waals surface area (Å²) in [5, 5.41) is 1.21. The Labute approximate surface area is 146 Å². The average molecular weight is 338 g/mol. The fourth-order valence-electron chi connectivity index (χ4n) is 3.37. The van der Waals surface area contributed by atoms with Gasteiger partial charge in [-0.1, -0.05) is 18.2 Å². The van der Waals surface area contributed by atoms with Crippen molar-refractivity contribution < 1.29 is 9.53 Å². The van der Waals surface area contributed by atoms with Crippen molar-refractivity contribution in [2.24, 2.45) is 0 Å². The predicted molar refractivity (Wildman–Crippen MR) is 101 cm³/mol. The van der Waals surface area contributed by atoms with Crippen LogP contribution < -0.4 is 10.3 Å². The van der Waals surface area contributed by atoms with Crippen LogP contribution in [0.5, 0.6) is 0 Å². The first-order chi connectivity index (χ1) is 12.0. The zero-order valence-corrected chi connectivity index (χ0v) is 15.0. The van der Waals surface area contributed by atoms with Gasteiger partial charge in [-0.2, -0.15) is 0 Å². The molecule has 130 valence electrons. The van der Waals surface area contributed by atoms with Crippen LogP contribution in [0.3, 0.4) is 0 Å². The number of rotatable bonds is 4. The smallest absolute Gasteiger partial charge is 0.325 e. The van der Waals surface area contributed by atoms with Crippen molar-refractivity contribution in [3.63, 3.8) is 0 Å². The van der Waals surface area contributed by atoms with Gasteiger partial charge < -0.3 is 14.2 Å². The summed E-state index contributed by atoms with van der Waals surface area (Å²) in [4.78, 5) is 27.2. The Bertz CT molecular complexity index is 1020. The van der Waals surface area contributed by atoms with Gasteiger partial charge >= 0.3 is 5.97 Å². The van der Waals surface area contributed by atoms with Crippen LogP contribution >= 0.6 is 0 Å². The molecule has 0 spiro atoms. The Morgan fingerprint density at radius 1 is 1.12 bits per heavy atom. The summed E-state index contributed by atoms with van der Waals surface area (Å²) in [6.45, 7) is 4.18. The molecule has 3 rings (SSSR count). The molecule has 0 bridgehead atoms. The molecule has 0 radical (unpaired) electrons. The van der Waals surface area contributed by atoms with E-state index in [1.807, 2.05) is 60.8 Å². The Morgan fingerprint density at radius 2 is 1.84 bits per heavy atom. The molecule has 0 saturated heterocycles. The molecular formula is C20H22N2O3. The van der Waals surface area contributed by atoms with Crippen molar-refractivity contribution in [2.45, 2.75) is 20.4 Å². The number of para-hydroxylation sites is 1. The molecule has 0 aliphatic heterocycles. The van der Waals surface area contributed by atoms with Crippen LogP contribution in [0.2, 0.25) is 0 Å². The fraction of sp³-hybridized carbons (Fsp3) is 0.300. The molecule has 1 aromatic heterocycles. The van der Waals surface area contributed by atoms with Gasteiger partial charge in [-0.25, -0.2) is 0 Å². The number of hydrogen-bond donors (Lipinski definition) is 0. The van der Waals surface area contributed by atoms with Crippen molar-refractivity contribution in [3.8, 4) is 0 Å². The summed E-state index contributed by atoms with van der Waals surface area (Å²) in [5.74, 6) is -0.316. The minimum Gasteiger partial charge on any atom is -0.465 e.